The van der Waals surface area contributed by atoms with Crippen LogP contribution >= 0.6 is 12.4 Å². The quantitative estimate of drug-likeness (QED) is 0.397. The van der Waals surface area contributed by atoms with Crippen LogP contribution in [-0.4, -0.2) is 56.4 Å². The van der Waals surface area contributed by atoms with E-state index in [1.807, 2.05) is 0 Å². The van der Waals surface area contributed by atoms with Crippen molar-refractivity contribution in [2.45, 2.75) is 31.6 Å². The number of likely N-dealkylation sites (tertiary alicyclic amines) is 1. The number of hydrogen-bond donors (Lipinski definition) is 1. The Morgan fingerprint density at radius 1 is 1.17 bits per heavy atom. The molecular formula is C23H23ClF4N6O. The number of fused-ring (bicyclic) bond motifs is 2. The maximum atomic E-state index is 14.2. The zero-order valence-electron chi connectivity index (χ0n) is 18.7. The largest absolute Gasteiger partial charge is 0.491 e. The van der Waals surface area contributed by atoms with Gasteiger partial charge in [0.05, 0.1) is 12.1 Å². The molecule has 0 amide bonds. The summed E-state index contributed by atoms with van der Waals surface area (Å²) in [6.45, 7) is 2.48. The Morgan fingerprint density at radius 3 is 2.66 bits per heavy atom. The smallest absolute Gasteiger partial charge is 0.408 e. The number of nitrogens with two attached hydrogens (primary N) is 1. The Morgan fingerprint density at radius 2 is 1.97 bits per heavy atom. The van der Waals surface area contributed by atoms with Crippen molar-refractivity contribution in [1.82, 2.24) is 24.5 Å². The molecule has 1 aromatic carbocycles. The highest BCUT2D eigenvalue weighted by Crippen LogP contribution is 2.39. The van der Waals surface area contributed by atoms with E-state index in [9.17, 15) is 17.6 Å². The summed E-state index contributed by atoms with van der Waals surface area (Å²) >= 11 is 0. The monoisotopic (exact) mass is 510 g/mol. The summed E-state index contributed by atoms with van der Waals surface area (Å²) < 4.78 is 63.2. The third kappa shape index (κ3) is 4.75. The first-order valence-corrected chi connectivity index (χ1v) is 10.9. The molecule has 1 aliphatic rings. The van der Waals surface area contributed by atoms with Crippen LogP contribution in [0.2, 0.25) is 0 Å². The second kappa shape index (κ2) is 9.56. The van der Waals surface area contributed by atoms with E-state index in [2.05, 4.69) is 15.2 Å². The van der Waals surface area contributed by atoms with Gasteiger partial charge >= 0.3 is 6.18 Å². The van der Waals surface area contributed by atoms with Crippen molar-refractivity contribution < 1.29 is 22.3 Å². The van der Waals surface area contributed by atoms with Crippen LogP contribution in [0.4, 0.5) is 17.6 Å². The maximum Gasteiger partial charge on any atom is 0.408 e. The van der Waals surface area contributed by atoms with Gasteiger partial charge < -0.3 is 10.5 Å². The van der Waals surface area contributed by atoms with Gasteiger partial charge in [-0.1, -0.05) is 12.1 Å². The number of halogens is 5. The Kier molecular flexibility index (Phi) is 6.85. The standard InChI is InChI=1S/C23H22F4N6O.ClH/c1-2-34-19-10-18-13(9-16(19)24)3-5-17(29-18)22-31-30-20-6-4-14(11-33(20)22)21(23(25,26)27)32-8-7-15(28)12-32;/h3-6,9-11,15,21H,2,7-8,12,28H2,1H3;1H/t15-,21-;/m1./s1. The summed E-state index contributed by atoms with van der Waals surface area (Å²) in [5, 5.41) is 8.79. The zero-order valence-corrected chi connectivity index (χ0v) is 19.5. The van der Waals surface area contributed by atoms with E-state index >= 15 is 0 Å². The van der Waals surface area contributed by atoms with Gasteiger partial charge in [0.25, 0.3) is 0 Å². The molecule has 0 bridgehead atoms. The molecule has 12 heteroatoms. The van der Waals surface area contributed by atoms with Crippen LogP contribution in [0, 0.1) is 5.82 Å². The summed E-state index contributed by atoms with van der Waals surface area (Å²) in [4.78, 5) is 5.90. The molecule has 1 fully saturated rings. The summed E-state index contributed by atoms with van der Waals surface area (Å²) in [6.07, 6.45) is -2.57. The van der Waals surface area contributed by atoms with Gasteiger partial charge in [-0.15, -0.1) is 22.6 Å². The van der Waals surface area contributed by atoms with Crippen LogP contribution in [0.15, 0.2) is 42.6 Å². The van der Waals surface area contributed by atoms with Gasteiger partial charge in [0, 0.05) is 36.8 Å². The Bertz CT molecular complexity index is 1360. The average molecular weight is 511 g/mol. The van der Waals surface area contributed by atoms with Crippen LogP contribution in [0.5, 0.6) is 5.75 Å². The van der Waals surface area contributed by atoms with E-state index < -0.39 is 18.0 Å². The van der Waals surface area contributed by atoms with Crippen molar-refractivity contribution in [2.24, 2.45) is 5.73 Å². The molecule has 1 saturated heterocycles. The minimum Gasteiger partial charge on any atom is -0.491 e. The molecule has 5 rings (SSSR count). The fourth-order valence-corrected chi connectivity index (χ4v) is 4.42. The molecule has 2 N–H and O–H groups in total. The number of nitrogens with zero attached hydrogens (tertiary/aromatic N) is 5. The molecular weight excluding hydrogens is 488 g/mol. The van der Waals surface area contributed by atoms with Crippen molar-refractivity contribution in [3.05, 3.63) is 54.0 Å². The first kappa shape index (κ1) is 25.1. The lowest BCUT2D eigenvalue weighted by molar-refractivity contribution is -0.183. The minimum atomic E-state index is -4.48. The molecule has 0 saturated carbocycles. The lowest BCUT2D eigenvalue weighted by Crippen LogP contribution is -2.38. The molecule has 4 heterocycles. The number of hydrogen-bond acceptors (Lipinski definition) is 6. The van der Waals surface area contributed by atoms with E-state index in [4.69, 9.17) is 10.5 Å². The summed E-state index contributed by atoms with van der Waals surface area (Å²) in [5.74, 6) is -0.147. The van der Waals surface area contributed by atoms with Gasteiger partial charge in [0.2, 0.25) is 0 Å². The number of alkyl halides is 3. The molecule has 3 aromatic heterocycles. The molecule has 0 radical (unpaired) electrons. The van der Waals surface area contributed by atoms with Gasteiger partial charge in [-0.25, -0.2) is 9.37 Å². The van der Waals surface area contributed by atoms with E-state index in [0.29, 0.717) is 35.3 Å². The van der Waals surface area contributed by atoms with Gasteiger partial charge in [0.15, 0.2) is 23.0 Å². The fraction of sp³-hybridized carbons (Fsp3) is 0.348. The van der Waals surface area contributed by atoms with Gasteiger partial charge in [-0.2, -0.15) is 13.2 Å². The summed E-state index contributed by atoms with van der Waals surface area (Å²) in [7, 11) is 0. The van der Waals surface area contributed by atoms with Crippen LogP contribution in [0.3, 0.4) is 0 Å². The molecule has 7 nitrogen and oxygen atoms in total. The molecule has 0 unspecified atom stereocenters. The Hall–Kier alpha value is -3.02. The van der Waals surface area contributed by atoms with Gasteiger partial charge in [-0.05, 0) is 37.1 Å². The van der Waals surface area contributed by atoms with E-state index in [0.717, 1.165) is 0 Å². The Balaban J connectivity index is 0.00000289. The van der Waals surface area contributed by atoms with Crippen molar-refractivity contribution in [2.75, 3.05) is 19.7 Å². The van der Waals surface area contributed by atoms with Crippen molar-refractivity contribution in [3.8, 4) is 17.3 Å². The second-order valence-corrected chi connectivity index (χ2v) is 8.31. The normalized spacial score (nSPS) is 17.6. The highest BCUT2D eigenvalue weighted by atomic mass is 35.5. The number of ether oxygens (including phenoxy) is 1. The maximum absolute atomic E-state index is 14.2. The lowest BCUT2D eigenvalue weighted by atomic mass is 10.1. The highest BCUT2D eigenvalue weighted by molar-refractivity contribution is 5.85. The third-order valence-corrected chi connectivity index (χ3v) is 5.94. The van der Waals surface area contributed by atoms with Crippen molar-refractivity contribution in [3.63, 3.8) is 0 Å². The zero-order chi connectivity index (χ0) is 24.0. The van der Waals surface area contributed by atoms with Gasteiger partial charge in [0.1, 0.15) is 11.7 Å². The first-order chi connectivity index (χ1) is 16.2. The SMILES string of the molecule is CCOc1cc2nc(-c3nnc4ccc([C@@H](N5CC[C@@H](N)C5)C(F)(F)F)cn34)ccc2cc1F.Cl. The molecule has 186 valence electrons. The molecule has 4 aromatic rings. The third-order valence-electron chi connectivity index (χ3n) is 5.94. The van der Waals surface area contributed by atoms with Crippen molar-refractivity contribution >= 4 is 29.0 Å². The average Bonchev–Trinajstić information content (AvgIpc) is 3.39. The van der Waals surface area contributed by atoms with Crippen LogP contribution in [0.25, 0.3) is 28.1 Å². The molecule has 0 spiro atoms. The van der Waals surface area contributed by atoms with Gasteiger partial charge in [-0.3, -0.25) is 9.30 Å². The molecule has 2 atom stereocenters. The molecule has 0 aliphatic carbocycles. The first-order valence-electron chi connectivity index (χ1n) is 10.9. The van der Waals surface area contributed by atoms with E-state index in [1.165, 1.54) is 39.8 Å². The number of pyridine rings is 2. The van der Waals surface area contributed by atoms with Crippen molar-refractivity contribution in [1.29, 1.82) is 0 Å². The predicted octanol–water partition coefficient (Wildman–Crippen LogP) is 4.54. The van der Waals surface area contributed by atoms with Crippen LogP contribution < -0.4 is 10.5 Å². The minimum absolute atomic E-state index is 0. The molecule has 35 heavy (non-hydrogen) atoms. The Labute approximate surface area is 204 Å². The summed E-state index contributed by atoms with van der Waals surface area (Å²) in [5.41, 5.74) is 7.17. The highest BCUT2D eigenvalue weighted by Gasteiger charge is 2.46. The lowest BCUT2D eigenvalue weighted by Gasteiger charge is -2.30. The topological polar surface area (TPSA) is 81.6 Å². The molecule has 1 aliphatic heterocycles. The number of rotatable bonds is 5. The number of aromatic nitrogens is 4. The fourth-order valence-electron chi connectivity index (χ4n) is 4.42. The summed E-state index contributed by atoms with van der Waals surface area (Å²) in [6, 6.07) is 6.96. The second-order valence-electron chi connectivity index (χ2n) is 8.31. The van der Waals surface area contributed by atoms with Crippen LogP contribution in [-0.2, 0) is 0 Å². The van der Waals surface area contributed by atoms with E-state index in [1.54, 1.807) is 19.1 Å². The predicted molar refractivity (Wildman–Crippen MR) is 125 cm³/mol. The van der Waals surface area contributed by atoms with Crippen LogP contribution in [0.1, 0.15) is 24.9 Å². The number of benzene rings is 1. The van der Waals surface area contributed by atoms with E-state index in [-0.39, 0.29) is 48.7 Å².